The Kier molecular flexibility index (Phi) is 6.59. The zero-order chi connectivity index (χ0) is 21.1. The molecule has 3 rings (SSSR count). The van der Waals surface area contributed by atoms with Crippen LogP contribution in [0.1, 0.15) is 30.5 Å². The fraction of sp³-hybridized carbons (Fsp3) is 0.350. The topological polar surface area (TPSA) is 78.4 Å². The third kappa shape index (κ3) is 4.45. The first-order chi connectivity index (χ1) is 13.9. The molecule has 2 heterocycles. The summed E-state index contributed by atoms with van der Waals surface area (Å²) in [4.78, 5) is 14.8. The van der Waals surface area contributed by atoms with Gasteiger partial charge in [0, 0.05) is 29.9 Å². The molecule has 0 saturated carbocycles. The van der Waals surface area contributed by atoms with Crippen molar-refractivity contribution >= 4 is 38.9 Å². The maximum Gasteiger partial charge on any atom is 0.227 e. The van der Waals surface area contributed by atoms with Crippen molar-refractivity contribution in [2.24, 2.45) is 0 Å². The Hall–Kier alpha value is -2.39. The highest BCUT2D eigenvalue weighted by Crippen LogP contribution is 2.41. The molecule has 0 atom stereocenters. The fourth-order valence-corrected chi connectivity index (χ4v) is 4.35. The third-order valence-corrected chi connectivity index (χ3v) is 6.23. The monoisotopic (exact) mass is 478 g/mol. The van der Waals surface area contributed by atoms with Crippen molar-refractivity contribution < 1.29 is 14.2 Å². The van der Waals surface area contributed by atoms with Gasteiger partial charge in [-0.05, 0) is 22.9 Å². The molecule has 1 aromatic carbocycles. The minimum absolute atomic E-state index is 0.366. The van der Waals surface area contributed by atoms with E-state index >= 15 is 0 Å². The van der Waals surface area contributed by atoms with Gasteiger partial charge in [-0.25, -0.2) is 15.0 Å². The zero-order valence-corrected chi connectivity index (χ0v) is 19.6. The van der Waals surface area contributed by atoms with Crippen LogP contribution in [0, 0.1) is 6.92 Å². The zero-order valence-electron chi connectivity index (χ0n) is 17.2. The maximum atomic E-state index is 5.41. The molecule has 0 saturated heterocycles. The Morgan fingerprint density at radius 2 is 1.69 bits per heavy atom. The Balaban J connectivity index is 1.99. The summed E-state index contributed by atoms with van der Waals surface area (Å²) < 4.78 is 17.0. The average molecular weight is 479 g/mol. The van der Waals surface area contributed by atoms with E-state index in [1.807, 2.05) is 6.92 Å². The van der Waals surface area contributed by atoms with Gasteiger partial charge < -0.3 is 19.5 Å². The van der Waals surface area contributed by atoms with E-state index in [9.17, 15) is 0 Å². The normalized spacial score (nSPS) is 10.9. The van der Waals surface area contributed by atoms with Gasteiger partial charge in [-0.1, -0.05) is 13.8 Å². The number of anilines is 2. The summed E-state index contributed by atoms with van der Waals surface area (Å²) in [5, 5.41) is 4.30. The summed E-state index contributed by atoms with van der Waals surface area (Å²) in [5.41, 5.74) is 2.48. The van der Waals surface area contributed by atoms with Crippen LogP contribution >= 0.6 is 27.3 Å². The lowest BCUT2D eigenvalue weighted by Gasteiger charge is -2.15. The highest BCUT2D eigenvalue weighted by atomic mass is 79.9. The van der Waals surface area contributed by atoms with Crippen molar-refractivity contribution in [2.75, 3.05) is 26.6 Å². The van der Waals surface area contributed by atoms with Crippen LogP contribution < -0.4 is 19.5 Å². The number of thiazole rings is 1. The van der Waals surface area contributed by atoms with E-state index in [1.54, 1.807) is 51.0 Å². The molecule has 9 heteroatoms. The molecule has 0 aliphatic rings. The van der Waals surface area contributed by atoms with Gasteiger partial charge in [-0.15, -0.1) is 11.3 Å². The lowest BCUT2D eigenvalue weighted by Crippen LogP contribution is -2.01. The number of nitrogens with one attached hydrogen (secondary N) is 1. The number of halogens is 1. The second-order valence-electron chi connectivity index (χ2n) is 6.55. The molecule has 1 N–H and O–H groups in total. The summed E-state index contributed by atoms with van der Waals surface area (Å²) >= 11 is 5.22. The van der Waals surface area contributed by atoms with Gasteiger partial charge in [0.05, 0.1) is 41.4 Å². The number of ether oxygens (including phenoxy) is 3. The van der Waals surface area contributed by atoms with Crippen LogP contribution in [0.15, 0.2) is 22.8 Å². The average Bonchev–Trinajstić information content (AvgIpc) is 3.10. The van der Waals surface area contributed by atoms with E-state index in [0.29, 0.717) is 29.1 Å². The minimum atomic E-state index is 0.366. The van der Waals surface area contributed by atoms with Crippen LogP contribution in [-0.2, 0) is 0 Å². The minimum Gasteiger partial charge on any atom is -0.493 e. The lowest BCUT2D eigenvalue weighted by molar-refractivity contribution is 0.324. The van der Waals surface area contributed by atoms with E-state index in [4.69, 9.17) is 19.2 Å². The van der Waals surface area contributed by atoms with Gasteiger partial charge in [-0.2, -0.15) is 0 Å². The Bertz CT molecular complexity index is 998. The van der Waals surface area contributed by atoms with Crippen molar-refractivity contribution in [1.29, 1.82) is 0 Å². The number of methoxy groups -OCH3 is 3. The lowest BCUT2D eigenvalue weighted by atomic mass is 10.2. The van der Waals surface area contributed by atoms with Gasteiger partial charge in [0.25, 0.3) is 0 Å². The molecular formula is C20H23BrN4O3S. The first-order valence-corrected chi connectivity index (χ1v) is 10.6. The van der Waals surface area contributed by atoms with E-state index in [0.717, 1.165) is 31.4 Å². The van der Waals surface area contributed by atoms with Gasteiger partial charge in [0.15, 0.2) is 11.5 Å². The molecule has 154 valence electrons. The standard InChI is InChI=1S/C20H23BrN4O3S/c1-10(2)19-23-11(3)18(29-19)16-13(21)9-22-20(25-16)24-12-7-14(26-4)17(28-6)15(8-12)27-5/h7-10H,1-6H3,(H,22,24,25). The number of hydrogen-bond donors (Lipinski definition) is 1. The van der Waals surface area contributed by atoms with Crippen molar-refractivity contribution in [2.45, 2.75) is 26.7 Å². The largest absolute Gasteiger partial charge is 0.493 e. The summed E-state index contributed by atoms with van der Waals surface area (Å²) in [6.07, 6.45) is 1.73. The summed E-state index contributed by atoms with van der Waals surface area (Å²) in [6, 6.07) is 3.61. The fourth-order valence-electron chi connectivity index (χ4n) is 2.75. The number of aryl methyl sites for hydroxylation is 1. The van der Waals surface area contributed by atoms with Gasteiger partial charge in [-0.3, -0.25) is 0 Å². The highest BCUT2D eigenvalue weighted by Gasteiger charge is 2.18. The predicted octanol–water partition coefficient (Wildman–Crippen LogP) is 5.56. The summed E-state index contributed by atoms with van der Waals surface area (Å²) in [5.74, 6) is 2.44. The van der Waals surface area contributed by atoms with E-state index in [1.165, 1.54) is 0 Å². The van der Waals surface area contributed by atoms with Crippen LogP contribution in [-0.4, -0.2) is 36.3 Å². The Morgan fingerprint density at radius 3 is 2.21 bits per heavy atom. The van der Waals surface area contributed by atoms with Crippen molar-refractivity contribution in [3.8, 4) is 27.8 Å². The van der Waals surface area contributed by atoms with E-state index in [2.05, 4.69) is 45.1 Å². The number of aromatic nitrogens is 3. The Morgan fingerprint density at radius 1 is 1.03 bits per heavy atom. The predicted molar refractivity (Wildman–Crippen MR) is 119 cm³/mol. The third-order valence-electron chi connectivity index (χ3n) is 4.19. The van der Waals surface area contributed by atoms with Crippen LogP contribution in [0.5, 0.6) is 17.2 Å². The smallest absolute Gasteiger partial charge is 0.227 e. The molecule has 29 heavy (non-hydrogen) atoms. The second kappa shape index (κ2) is 8.96. The molecule has 0 aliphatic heterocycles. The van der Waals surface area contributed by atoms with Crippen LogP contribution in [0.3, 0.4) is 0 Å². The molecule has 0 radical (unpaired) electrons. The van der Waals surface area contributed by atoms with E-state index in [-0.39, 0.29) is 0 Å². The van der Waals surface area contributed by atoms with Gasteiger partial charge >= 0.3 is 0 Å². The second-order valence-corrected chi connectivity index (χ2v) is 8.44. The molecule has 0 aliphatic carbocycles. The number of nitrogens with zero attached hydrogens (tertiary/aromatic N) is 3. The summed E-state index contributed by atoms with van der Waals surface area (Å²) in [6.45, 7) is 6.27. The number of hydrogen-bond acceptors (Lipinski definition) is 8. The summed E-state index contributed by atoms with van der Waals surface area (Å²) in [7, 11) is 4.72. The Labute approximate surface area is 182 Å². The maximum absolute atomic E-state index is 5.41. The molecule has 7 nitrogen and oxygen atoms in total. The van der Waals surface area contributed by atoms with Gasteiger partial charge in [0.1, 0.15) is 5.69 Å². The molecule has 0 fully saturated rings. The van der Waals surface area contributed by atoms with Crippen LogP contribution in [0.25, 0.3) is 10.6 Å². The van der Waals surface area contributed by atoms with Crippen LogP contribution in [0.4, 0.5) is 11.6 Å². The molecule has 3 aromatic rings. The van der Waals surface area contributed by atoms with Crippen molar-refractivity contribution in [3.05, 3.63) is 33.5 Å². The first-order valence-electron chi connectivity index (χ1n) is 8.95. The molecule has 0 bridgehead atoms. The van der Waals surface area contributed by atoms with Crippen molar-refractivity contribution in [3.63, 3.8) is 0 Å². The molecule has 0 unspecified atom stereocenters. The number of rotatable bonds is 7. The molecular weight excluding hydrogens is 456 g/mol. The quantitative estimate of drug-likeness (QED) is 0.475. The molecule has 0 amide bonds. The molecule has 0 spiro atoms. The van der Waals surface area contributed by atoms with Crippen LogP contribution in [0.2, 0.25) is 0 Å². The number of benzene rings is 1. The van der Waals surface area contributed by atoms with Crippen molar-refractivity contribution in [1.82, 2.24) is 15.0 Å². The molecule has 2 aromatic heterocycles. The first kappa shape index (κ1) is 21.3. The SMILES string of the molecule is COc1cc(Nc2ncc(Br)c(-c3sc(C(C)C)nc3C)n2)cc(OC)c1OC. The highest BCUT2D eigenvalue weighted by molar-refractivity contribution is 9.10. The van der Waals surface area contributed by atoms with Gasteiger partial charge in [0.2, 0.25) is 11.7 Å². The van der Waals surface area contributed by atoms with E-state index < -0.39 is 0 Å².